The summed E-state index contributed by atoms with van der Waals surface area (Å²) in [5.41, 5.74) is 2.40. The van der Waals surface area contributed by atoms with Crippen LogP contribution in [0.15, 0.2) is 84.9 Å². The van der Waals surface area contributed by atoms with E-state index in [1.165, 1.54) is 16.7 Å². The molecule has 1 aliphatic rings. The second kappa shape index (κ2) is 10.0. The van der Waals surface area contributed by atoms with Gasteiger partial charge in [0.2, 0.25) is 17.7 Å². The summed E-state index contributed by atoms with van der Waals surface area (Å²) in [7, 11) is 0. The van der Waals surface area contributed by atoms with Crippen molar-refractivity contribution >= 4 is 46.8 Å². The van der Waals surface area contributed by atoms with Crippen molar-refractivity contribution in [3.8, 4) is 0 Å². The maximum absolute atomic E-state index is 12.8. The number of para-hydroxylation sites is 1. The van der Waals surface area contributed by atoms with E-state index in [4.69, 9.17) is 11.6 Å². The number of nitrogens with zero attached hydrogens (tertiary/aromatic N) is 1. The predicted molar refractivity (Wildman–Crippen MR) is 128 cm³/mol. The molecule has 162 valence electrons. The molecule has 0 saturated carbocycles. The molecule has 3 aromatic carbocycles. The molecular weight excluding hydrogens is 444 g/mol. The van der Waals surface area contributed by atoms with E-state index < -0.39 is 5.25 Å². The van der Waals surface area contributed by atoms with Crippen LogP contribution in [0.2, 0.25) is 5.02 Å². The van der Waals surface area contributed by atoms with Crippen molar-refractivity contribution in [3.63, 3.8) is 0 Å². The Bertz CT molecular complexity index is 1110. The average Bonchev–Trinajstić information content (AvgIpc) is 3.11. The highest BCUT2D eigenvalue weighted by molar-refractivity contribution is 8.01. The Labute approximate surface area is 195 Å². The lowest BCUT2D eigenvalue weighted by atomic mass is 9.99. The summed E-state index contributed by atoms with van der Waals surface area (Å²) in [6, 6.07) is 25.5. The van der Waals surface area contributed by atoms with Gasteiger partial charge in [0, 0.05) is 11.4 Å². The third-order valence-electron chi connectivity index (χ3n) is 5.18. The quantitative estimate of drug-likeness (QED) is 0.518. The van der Waals surface area contributed by atoms with Gasteiger partial charge in [-0.2, -0.15) is 0 Å². The van der Waals surface area contributed by atoms with E-state index in [9.17, 15) is 14.4 Å². The summed E-state index contributed by atoms with van der Waals surface area (Å²) in [6.45, 7) is 0. The largest absolute Gasteiger partial charge is 0.344 e. The van der Waals surface area contributed by atoms with E-state index in [0.29, 0.717) is 10.7 Å². The fraction of sp³-hybridized carbons (Fsp3) is 0.160. The minimum atomic E-state index is -0.570. The summed E-state index contributed by atoms with van der Waals surface area (Å²) in [5.74, 6) is -0.667. The van der Waals surface area contributed by atoms with Gasteiger partial charge in [-0.05, 0) is 35.4 Å². The van der Waals surface area contributed by atoms with Crippen LogP contribution in [0.5, 0.6) is 0 Å². The molecule has 1 fully saturated rings. The number of hydrogen-bond donors (Lipinski definition) is 1. The molecule has 2 atom stereocenters. The first-order valence-corrected chi connectivity index (χ1v) is 11.6. The molecule has 1 heterocycles. The van der Waals surface area contributed by atoms with Crippen LogP contribution >= 0.6 is 23.4 Å². The van der Waals surface area contributed by atoms with Crippen molar-refractivity contribution < 1.29 is 14.4 Å². The lowest BCUT2D eigenvalue weighted by Crippen LogP contribution is -2.33. The molecule has 32 heavy (non-hydrogen) atoms. The fourth-order valence-electron chi connectivity index (χ4n) is 3.62. The standard InChI is InChI=1S/C25H21ClN2O3S/c26-19-13-11-18(12-14-19)24(17-7-3-1-4-8-17)27-22(29)16-32-21-15-23(30)28(25(21)31)20-9-5-2-6-10-20/h1-14,21,24H,15-16H2,(H,27,29)/t21-,24+/m0/s1. The van der Waals surface area contributed by atoms with E-state index in [1.807, 2.05) is 48.5 Å². The van der Waals surface area contributed by atoms with Crippen molar-refractivity contribution in [2.24, 2.45) is 0 Å². The van der Waals surface area contributed by atoms with E-state index >= 15 is 0 Å². The van der Waals surface area contributed by atoms with Gasteiger partial charge in [0.15, 0.2) is 0 Å². The molecule has 3 aromatic rings. The monoisotopic (exact) mass is 464 g/mol. The van der Waals surface area contributed by atoms with Crippen molar-refractivity contribution in [2.75, 3.05) is 10.7 Å². The Hall–Kier alpha value is -3.09. The number of carbonyl (C=O) groups is 3. The molecule has 1 saturated heterocycles. The summed E-state index contributed by atoms with van der Waals surface area (Å²) in [4.78, 5) is 39.2. The van der Waals surface area contributed by atoms with Crippen molar-refractivity contribution in [1.29, 1.82) is 0 Å². The van der Waals surface area contributed by atoms with Crippen LogP contribution in [-0.2, 0) is 14.4 Å². The number of benzene rings is 3. The molecule has 0 unspecified atom stereocenters. The molecule has 3 amide bonds. The number of thioether (sulfide) groups is 1. The van der Waals surface area contributed by atoms with Gasteiger partial charge in [-0.3, -0.25) is 14.4 Å². The molecule has 5 nitrogen and oxygen atoms in total. The first kappa shape index (κ1) is 22.1. The third kappa shape index (κ3) is 5.03. The van der Waals surface area contributed by atoms with Crippen LogP contribution in [0, 0.1) is 0 Å². The van der Waals surface area contributed by atoms with Crippen LogP contribution in [0.4, 0.5) is 5.69 Å². The lowest BCUT2D eigenvalue weighted by Gasteiger charge is -2.20. The minimum Gasteiger partial charge on any atom is -0.344 e. The SMILES string of the molecule is O=C(CS[C@H]1CC(=O)N(c2ccccc2)C1=O)N[C@H](c1ccccc1)c1ccc(Cl)cc1. The Morgan fingerprint density at radius 3 is 2.19 bits per heavy atom. The van der Waals surface area contributed by atoms with Gasteiger partial charge in [0.25, 0.3) is 0 Å². The number of carbonyl (C=O) groups excluding carboxylic acids is 3. The van der Waals surface area contributed by atoms with E-state index in [2.05, 4.69) is 5.32 Å². The van der Waals surface area contributed by atoms with Gasteiger partial charge in [-0.25, -0.2) is 4.90 Å². The molecule has 0 spiro atoms. The van der Waals surface area contributed by atoms with Gasteiger partial charge >= 0.3 is 0 Å². The second-order valence-corrected chi connectivity index (χ2v) is 9.00. The van der Waals surface area contributed by atoms with E-state index in [-0.39, 0.29) is 35.9 Å². The highest BCUT2D eigenvalue weighted by Crippen LogP contribution is 2.30. The van der Waals surface area contributed by atoms with Gasteiger partial charge in [-0.1, -0.05) is 72.3 Å². The Kier molecular flexibility index (Phi) is 6.93. The van der Waals surface area contributed by atoms with Crippen molar-refractivity contribution in [2.45, 2.75) is 17.7 Å². The number of nitrogens with one attached hydrogen (secondary N) is 1. The zero-order valence-electron chi connectivity index (χ0n) is 17.1. The number of anilines is 1. The maximum atomic E-state index is 12.8. The van der Waals surface area contributed by atoms with Crippen molar-refractivity contribution in [1.82, 2.24) is 5.32 Å². The molecule has 0 aliphatic carbocycles. The molecule has 0 bridgehead atoms. The number of rotatable bonds is 7. The highest BCUT2D eigenvalue weighted by Gasteiger charge is 2.40. The average molecular weight is 465 g/mol. The van der Waals surface area contributed by atoms with Gasteiger partial charge in [0.05, 0.1) is 22.7 Å². The van der Waals surface area contributed by atoms with Crippen LogP contribution in [0.25, 0.3) is 0 Å². The van der Waals surface area contributed by atoms with Crippen LogP contribution in [0.3, 0.4) is 0 Å². The summed E-state index contributed by atoms with van der Waals surface area (Å²) >= 11 is 7.21. The Morgan fingerprint density at radius 2 is 1.53 bits per heavy atom. The van der Waals surface area contributed by atoms with Crippen molar-refractivity contribution in [3.05, 3.63) is 101 Å². The summed E-state index contributed by atoms with van der Waals surface area (Å²) in [5, 5.41) is 3.10. The Balaban J connectivity index is 1.42. The molecule has 0 radical (unpaired) electrons. The molecule has 4 rings (SSSR count). The number of imide groups is 1. The van der Waals surface area contributed by atoms with Gasteiger partial charge < -0.3 is 5.32 Å². The zero-order valence-corrected chi connectivity index (χ0v) is 18.7. The van der Waals surface area contributed by atoms with E-state index in [1.54, 1.807) is 36.4 Å². The van der Waals surface area contributed by atoms with Gasteiger partial charge in [-0.15, -0.1) is 11.8 Å². The second-order valence-electron chi connectivity index (χ2n) is 7.37. The molecular formula is C25H21ClN2O3S. The van der Waals surface area contributed by atoms with Gasteiger partial charge in [0.1, 0.15) is 0 Å². The smallest absolute Gasteiger partial charge is 0.247 e. The van der Waals surface area contributed by atoms with E-state index in [0.717, 1.165) is 11.1 Å². The first-order valence-electron chi connectivity index (χ1n) is 10.2. The minimum absolute atomic E-state index is 0.0727. The molecule has 0 aromatic heterocycles. The maximum Gasteiger partial charge on any atom is 0.247 e. The zero-order chi connectivity index (χ0) is 22.5. The number of halogens is 1. The first-order chi connectivity index (χ1) is 15.5. The highest BCUT2D eigenvalue weighted by atomic mass is 35.5. The topological polar surface area (TPSA) is 66.5 Å². The van der Waals surface area contributed by atoms with Crippen LogP contribution < -0.4 is 10.2 Å². The summed E-state index contributed by atoms with van der Waals surface area (Å²) in [6.07, 6.45) is 0.0883. The summed E-state index contributed by atoms with van der Waals surface area (Å²) < 4.78 is 0. The normalized spacial score (nSPS) is 16.8. The molecule has 1 N–H and O–H groups in total. The predicted octanol–water partition coefficient (Wildman–Crippen LogP) is 4.61. The van der Waals surface area contributed by atoms with Crippen LogP contribution in [-0.4, -0.2) is 28.7 Å². The molecule has 1 aliphatic heterocycles. The number of amides is 3. The van der Waals surface area contributed by atoms with Crippen LogP contribution in [0.1, 0.15) is 23.6 Å². The number of hydrogen-bond acceptors (Lipinski definition) is 4. The fourth-order valence-corrected chi connectivity index (χ4v) is 4.69. The Morgan fingerprint density at radius 1 is 0.938 bits per heavy atom. The third-order valence-corrected chi connectivity index (χ3v) is 6.63. The molecule has 7 heteroatoms. The lowest BCUT2D eigenvalue weighted by molar-refractivity contribution is -0.121.